The number of carbonyl (C=O) groups is 1. The number of nitrogens with zero attached hydrogens (tertiary/aromatic N) is 3. The summed E-state index contributed by atoms with van der Waals surface area (Å²) in [5, 5.41) is 13.4. The number of aromatic amines is 1. The molecule has 0 spiro atoms. The summed E-state index contributed by atoms with van der Waals surface area (Å²) in [7, 11) is 0. The minimum Gasteiger partial charge on any atom is -0.490 e. The molecule has 1 aliphatic rings. The van der Waals surface area contributed by atoms with Crippen molar-refractivity contribution < 1.29 is 19.0 Å². The first-order valence-electron chi connectivity index (χ1n) is 9.13. The Balaban J connectivity index is 1.54. The SMILES string of the molecule is C=CCOc1ccc(C=CC(=O)c2cccc3c2OC(N)(c2nnn[nH]2)CO3)cc1. The minimum atomic E-state index is -1.43. The van der Waals surface area contributed by atoms with Crippen LogP contribution in [-0.4, -0.2) is 39.6 Å². The van der Waals surface area contributed by atoms with E-state index in [-0.39, 0.29) is 24.0 Å². The molecule has 3 N–H and O–H groups in total. The number of rotatable bonds is 7. The molecule has 2 heterocycles. The maximum Gasteiger partial charge on any atom is 0.254 e. The van der Waals surface area contributed by atoms with Crippen LogP contribution < -0.4 is 19.9 Å². The average molecular weight is 405 g/mol. The van der Waals surface area contributed by atoms with E-state index >= 15 is 0 Å². The molecule has 1 atom stereocenters. The van der Waals surface area contributed by atoms with Crippen molar-refractivity contribution in [1.82, 2.24) is 20.6 Å². The lowest BCUT2D eigenvalue weighted by Gasteiger charge is -2.33. The van der Waals surface area contributed by atoms with Crippen LogP contribution in [0.3, 0.4) is 0 Å². The largest absolute Gasteiger partial charge is 0.490 e. The van der Waals surface area contributed by atoms with E-state index in [4.69, 9.17) is 19.9 Å². The van der Waals surface area contributed by atoms with E-state index in [0.29, 0.717) is 17.9 Å². The van der Waals surface area contributed by atoms with E-state index in [1.54, 1.807) is 30.4 Å². The molecule has 1 unspecified atom stereocenters. The summed E-state index contributed by atoms with van der Waals surface area (Å²) < 4.78 is 17.1. The zero-order chi connectivity index (χ0) is 21.0. The molecule has 0 fully saturated rings. The topological polar surface area (TPSA) is 125 Å². The van der Waals surface area contributed by atoms with Crippen LogP contribution in [0.25, 0.3) is 6.08 Å². The lowest BCUT2D eigenvalue weighted by Crippen LogP contribution is -2.51. The molecule has 9 heteroatoms. The molecule has 9 nitrogen and oxygen atoms in total. The number of allylic oxidation sites excluding steroid dienone is 1. The first kappa shape index (κ1) is 19.3. The fraction of sp³-hybridized carbons (Fsp3) is 0.143. The second kappa shape index (κ2) is 8.18. The van der Waals surface area contributed by atoms with Gasteiger partial charge in [0.2, 0.25) is 5.82 Å². The van der Waals surface area contributed by atoms with Crippen molar-refractivity contribution in [2.45, 2.75) is 5.72 Å². The van der Waals surface area contributed by atoms with Crippen LogP contribution in [0.5, 0.6) is 17.2 Å². The van der Waals surface area contributed by atoms with E-state index in [0.717, 1.165) is 11.3 Å². The van der Waals surface area contributed by atoms with E-state index < -0.39 is 5.72 Å². The zero-order valence-corrected chi connectivity index (χ0v) is 15.9. The summed E-state index contributed by atoms with van der Waals surface area (Å²) in [6.07, 6.45) is 4.84. The van der Waals surface area contributed by atoms with Gasteiger partial charge in [-0.1, -0.05) is 36.9 Å². The van der Waals surface area contributed by atoms with Gasteiger partial charge in [0.05, 0.1) is 5.56 Å². The first-order chi connectivity index (χ1) is 14.6. The molecule has 0 amide bonds. The second-order valence-corrected chi connectivity index (χ2v) is 6.53. The van der Waals surface area contributed by atoms with Gasteiger partial charge in [-0.05, 0) is 46.3 Å². The molecule has 1 aliphatic heterocycles. The van der Waals surface area contributed by atoms with Crippen molar-refractivity contribution >= 4 is 11.9 Å². The monoisotopic (exact) mass is 405 g/mol. The fourth-order valence-corrected chi connectivity index (χ4v) is 2.87. The molecule has 30 heavy (non-hydrogen) atoms. The van der Waals surface area contributed by atoms with E-state index in [1.165, 1.54) is 6.08 Å². The highest BCUT2D eigenvalue weighted by Crippen LogP contribution is 2.39. The smallest absolute Gasteiger partial charge is 0.254 e. The Morgan fingerprint density at radius 2 is 2.13 bits per heavy atom. The van der Waals surface area contributed by atoms with E-state index in [1.807, 2.05) is 24.3 Å². The van der Waals surface area contributed by atoms with Crippen molar-refractivity contribution in [3.05, 3.63) is 78.1 Å². The molecule has 0 bridgehead atoms. The van der Waals surface area contributed by atoms with Gasteiger partial charge >= 0.3 is 0 Å². The number of nitrogens with two attached hydrogens (primary N) is 1. The van der Waals surface area contributed by atoms with Gasteiger partial charge in [-0.25, -0.2) is 5.10 Å². The Labute approximate surface area is 172 Å². The van der Waals surface area contributed by atoms with Gasteiger partial charge in [0.1, 0.15) is 19.0 Å². The molecule has 3 aromatic rings. The maximum absolute atomic E-state index is 12.8. The highest BCUT2D eigenvalue weighted by atomic mass is 16.6. The van der Waals surface area contributed by atoms with E-state index in [2.05, 4.69) is 27.2 Å². The van der Waals surface area contributed by atoms with Crippen LogP contribution in [0.15, 0.2) is 61.2 Å². The van der Waals surface area contributed by atoms with Gasteiger partial charge in [0, 0.05) is 0 Å². The predicted octanol–water partition coefficient (Wildman–Crippen LogP) is 2.24. The lowest BCUT2D eigenvalue weighted by atomic mass is 10.1. The van der Waals surface area contributed by atoms with Crippen molar-refractivity contribution in [3.8, 4) is 17.2 Å². The number of benzene rings is 2. The number of H-pyrrole nitrogens is 1. The third-order valence-electron chi connectivity index (χ3n) is 4.39. The number of carbonyl (C=O) groups excluding carboxylic acids is 1. The van der Waals surface area contributed by atoms with Gasteiger partial charge < -0.3 is 14.2 Å². The van der Waals surface area contributed by atoms with Crippen LogP contribution in [-0.2, 0) is 5.72 Å². The quantitative estimate of drug-likeness (QED) is 0.348. The molecule has 4 rings (SSSR count). The number of ketones is 1. The third-order valence-corrected chi connectivity index (χ3v) is 4.39. The fourth-order valence-electron chi connectivity index (χ4n) is 2.87. The zero-order valence-electron chi connectivity index (χ0n) is 15.9. The first-order valence-corrected chi connectivity index (χ1v) is 9.13. The number of hydrogen-bond donors (Lipinski definition) is 2. The number of hydrogen-bond acceptors (Lipinski definition) is 8. The molecule has 0 saturated carbocycles. The molecule has 2 aromatic carbocycles. The van der Waals surface area contributed by atoms with Gasteiger partial charge in [0.15, 0.2) is 17.3 Å². The molecule has 1 aromatic heterocycles. The van der Waals surface area contributed by atoms with Crippen molar-refractivity contribution in [1.29, 1.82) is 0 Å². The van der Waals surface area contributed by atoms with Crippen LogP contribution in [0.4, 0.5) is 0 Å². The Bertz CT molecular complexity index is 1080. The van der Waals surface area contributed by atoms with Crippen LogP contribution in [0, 0.1) is 0 Å². The average Bonchev–Trinajstić information content (AvgIpc) is 3.32. The molecule has 0 saturated heterocycles. The summed E-state index contributed by atoms with van der Waals surface area (Å²) in [5.74, 6) is 1.33. The summed E-state index contributed by atoms with van der Waals surface area (Å²) in [6, 6.07) is 12.4. The molecule has 0 radical (unpaired) electrons. The predicted molar refractivity (Wildman–Crippen MR) is 108 cm³/mol. The second-order valence-electron chi connectivity index (χ2n) is 6.53. The summed E-state index contributed by atoms with van der Waals surface area (Å²) >= 11 is 0. The molecule has 152 valence electrons. The van der Waals surface area contributed by atoms with E-state index in [9.17, 15) is 4.79 Å². The Hall–Kier alpha value is -3.98. The highest BCUT2D eigenvalue weighted by Gasteiger charge is 2.40. The highest BCUT2D eigenvalue weighted by molar-refractivity contribution is 6.09. The van der Waals surface area contributed by atoms with Crippen molar-refractivity contribution in [2.24, 2.45) is 5.73 Å². The number of aromatic nitrogens is 4. The van der Waals surface area contributed by atoms with Gasteiger partial charge in [-0.2, -0.15) is 0 Å². The van der Waals surface area contributed by atoms with Gasteiger partial charge in [-0.15, -0.1) is 5.10 Å². The normalized spacial score (nSPS) is 17.6. The van der Waals surface area contributed by atoms with Gasteiger partial charge in [-0.3, -0.25) is 10.5 Å². The molecular weight excluding hydrogens is 386 g/mol. The number of fused-ring (bicyclic) bond motifs is 1. The summed E-state index contributed by atoms with van der Waals surface area (Å²) in [5.41, 5.74) is 5.98. The van der Waals surface area contributed by atoms with Gasteiger partial charge in [0.25, 0.3) is 5.72 Å². The Morgan fingerprint density at radius 1 is 1.30 bits per heavy atom. The standard InChI is InChI=1S/C21H19N5O4/c1-2-12-28-15-9-6-14(7-10-15)8-11-17(27)16-4-3-5-18-19(16)30-21(22,13-29-18)20-23-25-26-24-20/h2-11H,1,12-13,22H2,(H,23,24,25,26). The summed E-state index contributed by atoms with van der Waals surface area (Å²) in [6.45, 7) is 4.04. The number of nitrogens with one attached hydrogen (secondary N) is 1. The third kappa shape index (κ3) is 3.91. The van der Waals surface area contributed by atoms with Crippen LogP contribution in [0.2, 0.25) is 0 Å². The number of tetrazole rings is 1. The Kier molecular flexibility index (Phi) is 5.27. The molecule has 0 aliphatic carbocycles. The van der Waals surface area contributed by atoms with Crippen molar-refractivity contribution in [3.63, 3.8) is 0 Å². The minimum absolute atomic E-state index is 0.00930. The Morgan fingerprint density at radius 3 is 2.87 bits per heavy atom. The van der Waals surface area contributed by atoms with Crippen LogP contribution >= 0.6 is 0 Å². The van der Waals surface area contributed by atoms with Crippen LogP contribution in [0.1, 0.15) is 21.7 Å². The van der Waals surface area contributed by atoms with Crippen molar-refractivity contribution in [2.75, 3.05) is 13.2 Å². The summed E-state index contributed by atoms with van der Waals surface area (Å²) in [4.78, 5) is 12.8. The number of para-hydroxylation sites is 1. The molecular formula is C21H19N5O4. The maximum atomic E-state index is 12.8. The lowest BCUT2D eigenvalue weighted by molar-refractivity contribution is -0.0154. The number of ether oxygens (including phenoxy) is 3.